The van der Waals surface area contributed by atoms with Crippen molar-refractivity contribution in [2.24, 2.45) is 5.92 Å². The fraction of sp³-hybridized carbons (Fsp3) is 0.667. The number of ether oxygens (including phenoxy) is 1. The average Bonchev–Trinajstić information content (AvgIpc) is 2.65. The van der Waals surface area contributed by atoms with Gasteiger partial charge in [-0.05, 0) is 98.0 Å². The fourth-order valence-corrected chi connectivity index (χ4v) is 3.19. The van der Waals surface area contributed by atoms with Gasteiger partial charge < -0.3 is 9.84 Å². The molecule has 3 nitrogen and oxygen atoms in total. The standard InChI is InChI=1S/C27H46O3/c1-21(2)11-8-12-22(3)15-10-16-25(6)27(29)18-17-23(4)13-9-14-24(5)19-20-30-26(7)28/h11,13,15,19,25,27,29H,8-10,12,14,16-18,20H2,1-7H3/b22-15+,23-13+,24-19+. The monoisotopic (exact) mass is 418 g/mol. The molecule has 3 heteroatoms. The van der Waals surface area contributed by atoms with Crippen molar-refractivity contribution in [3.63, 3.8) is 0 Å². The van der Waals surface area contributed by atoms with Gasteiger partial charge in [0.15, 0.2) is 0 Å². The van der Waals surface area contributed by atoms with Gasteiger partial charge in [0.2, 0.25) is 0 Å². The zero-order valence-corrected chi connectivity index (χ0v) is 20.6. The van der Waals surface area contributed by atoms with Crippen LogP contribution in [0.2, 0.25) is 0 Å². The van der Waals surface area contributed by atoms with Crippen molar-refractivity contribution in [3.8, 4) is 0 Å². The van der Waals surface area contributed by atoms with Gasteiger partial charge in [-0.25, -0.2) is 0 Å². The Morgan fingerprint density at radius 1 is 0.767 bits per heavy atom. The molecule has 0 aromatic heterocycles. The van der Waals surface area contributed by atoms with E-state index in [2.05, 4.69) is 59.8 Å². The summed E-state index contributed by atoms with van der Waals surface area (Å²) < 4.78 is 4.93. The minimum atomic E-state index is -0.242. The first-order chi connectivity index (χ1) is 14.1. The van der Waals surface area contributed by atoms with Crippen LogP contribution in [-0.2, 0) is 9.53 Å². The van der Waals surface area contributed by atoms with Crippen LogP contribution in [0.15, 0.2) is 46.6 Å². The molecule has 0 aliphatic rings. The summed E-state index contributed by atoms with van der Waals surface area (Å²) in [6, 6.07) is 0. The Bertz CT molecular complexity index is 604. The Hall–Kier alpha value is -1.61. The summed E-state index contributed by atoms with van der Waals surface area (Å²) in [7, 11) is 0. The van der Waals surface area contributed by atoms with E-state index in [9.17, 15) is 9.90 Å². The molecule has 0 aromatic rings. The molecule has 0 bridgehead atoms. The largest absolute Gasteiger partial charge is 0.462 e. The molecule has 2 unspecified atom stereocenters. The first-order valence-electron chi connectivity index (χ1n) is 11.5. The van der Waals surface area contributed by atoms with E-state index in [1.807, 2.05) is 6.08 Å². The Morgan fingerprint density at radius 2 is 1.30 bits per heavy atom. The predicted molar refractivity (Wildman–Crippen MR) is 129 cm³/mol. The molecule has 0 aliphatic carbocycles. The van der Waals surface area contributed by atoms with Crippen molar-refractivity contribution in [2.75, 3.05) is 6.61 Å². The summed E-state index contributed by atoms with van der Waals surface area (Å²) in [6.07, 6.45) is 16.7. The summed E-state index contributed by atoms with van der Waals surface area (Å²) in [6.45, 7) is 14.7. The average molecular weight is 419 g/mol. The van der Waals surface area contributed by atoms with E-state index in [4.69, 9.17) is 4.74 Å². The number of hydrogen-bond acceptors (Lipinski definition) is 3. The van der Waals surface area contributed by atoms with Crippen LogP contribution in [0.25, 0.3) is 0 Å². The van der Waals surface area contributed by atoms with E-state index in [1.165, 1.54) is 29.2 Å². The quantitative estimate of drug-likeness (QED) is 0.221. The number of allylic oxidation sites excluding steroid dienone is 7. The van der Waals surface area contributed by atoms with Crippen LogP contribution in [0.5, 0.6) is 0 Å². The Morgan fingerprint density at radius 3 is 1.90 bits per heavy atom. The van der Waals surface area contributed by atoms with Crippen molar-refractivity contribution in [3.05, 3.63) is 46.6 Å². The molecule has 0 fully saturated rings. The molecule has 0 heterocycles. The number of carbonyl (C=O) groups excluding carboxylic acids is 1. The number of esters is 1. The molecule has 0 saturated carbocycles. The number of hydrogen-bond donors (Lipinski definition) is 1. The van der Waals surface area contributed by atoms with Gasteiger partial charge in [0.25, 0.3) is 0 Å². The molecule has 0 spiro atoms. The van der Waals surface area contributed by atoms with E-state index in [1.54, 1.807) is 0 Å². The number of carbonyl (C=O) groups is 1. The Kier molecular flexibility index (Phi) is 16.2. The van der Waals surface area contributed by atoms with Gasteiger partial charge in [-0.3, -0.25) is 4.79 Å². The third-order valence-electron chi connectivity index (χ3n) is 5.45. The van der Waals surface area contributed by atoms with Crippen LogP contribution < -0.4 is 0 Å². The summed E-state index contributed by atoms with van der Waals surface area (Å²) in [5, 5.41) is 10.5. The van der Waals surface area contributed by atoms with Crippen molar-refractivity contribution in [1.29, 1.82) is 0 Å². The molecule has 0 radical (unpaired) electrons. The lowest BCUT2D eigenvalue weighted by Gasteiger charge is -2.18. The second-order valence-electron chi connectivity index (χ2n) is 8.97. The van der Waals surface area contributed by atoms with Crippen LogP contribution in [-0.4, -0.2) is 23.8 Å². The van der Waals surface area contributed by atoms with Gasteiger partial charge in [0, 0.05) is 6.92 Å². The summed E-state index contributed by atoms with van der Waals surface area (Å²) in [5.74, 6) is 0.0827. The minimum absolute atomic E-state index is 0.238. The highest BCUT2D eigenvalue weighted by atomic mass is 16.5. The fourth-order valence-electron chi connectivity index (χ4n) is 3.19. The number of aliphatic hydroxyl groups is 1. The van der Waals surface area contributed by atoms with Crippen molar-refractivity contribution in [2.45, 2.75) is 106 Å². The van der Waals surface area contributed by atoms with E-state index >= 15 is 0 Å². The molecule has 0 amide bonds. The lowest BCUT2D eigenvalue weighted by molar-refractivity contribution is -0.139. The highest BCUT2D eigenvalue weighted by Gasteiger charge is 2.13. The van der Waals surface area contributed by atoms with Crippen LogP contribution in [0.3, 0.4) is 0 Å². The van der Waals surface area contributed by atoms with Gasteiger partial charge in [0.05, 0.1) is 6.10 Å². The molecule has 0 rings (SSSR count). The van der Waals surface area contributed by atoms with Crippen LogP contribution in [0, 0.1) is 5.92 Å². The molecular weight excluding hydrogens is 372 g/mol. The highest BCUT2D eigenvalue weighted by Crippen LogP contribution is 2.19. The first-order valence-corrected chi connectivity index (χ1v) is 11.5. The highest BCUT2D eigenvalue weighted by molar-refractivity contribution is 5.66. The molecule has 0 aliphatic heterocycles. The molecule has 2 atom stereocenters. The summed E-state index contributed by atoms with van der Waals surface area (Å²) >= 11 is 0. The summed E-state index contributed by atoms with van der Waals surface area (Å²) in [4.78, 5) is 10.8. The normalized spacial score (nSPS) is 15.0. The van der Waals surface area contributed by atoms with Gasteiger partial charge in [0.1, 0.15) is 6.61 Å². The van der Waals surface area contributed by atoms with Gasteiger partial charge in [-0.15, -0.1) is 0 Å². The molecule has 0 saturated heterocycles. The van der Waals surface area contributed by atoms with E-state index in [0.717, 1.165) is 51.4 Å². The lowest BCUT2D eigenvalue weighted by atomic mass is 9.93. The molecule has 1 N–H and O–H groups in total. The van der Waals surface area contributed by atoms with Crippen LogP contribution >= 0.6 is 0 Å². The Labute approximate surface area is 186 Å². The minimum Gasteiger partial charge on any atom is -0.462 e. The second-order valence-corrected chi connectivity index (χ2v) is 8.97. The van der Waals surface area contributed by atoms with Gasteiger partial charge in [-0.2, -0.15) is 0 Å². The van der Waals surface area contributed by atoms with E-state index in [-0.39, 0.29) is 12.1 Å². The molecule has 172 valence electrons. The predicted octanol–water partition coefficient (Wildman–Crippen LogP) is 7.47. The van der Waals surface area contributed by atoms with Crippen molar-refractivity contribution >= 4 is 5.97 Å². The lowest BCUT2D eigenvalue weighted by Crippen LogP contribution is -2.17. The molecular formula is C27H46O3. The third kappa shape index (κ3) is 17.3. The molecule has 0 aromatic carbocycles. The number of rotatable bonds is 15. The smallest absolute Gasteiger partial charge is 0.302 e. The van der Waals surface area contributed by atoms with E-state index in [0.29, 0.717) is 12.5 Å². The maximum absolute atomic E-state index is 10.8. The first kappa shape index (κ1) is 28.4. The zero-order valence-electron chi connectivity index (χ0n) is 20.6. The SMILES string of the molecule is CC(=O)OC/C=C(\C)CC/C=C(\C)CCC(O)C(C)CC/C=C(\C)CCC=C(C)C. The second kappa shape index (κ2) is 17.1. The van der Waals surface area contributed by atoms with E-state index < -0.39 is 0 Å². The summed E-state index contributed by atoms with van der Waals surface area (Å²) in [5.41, 5.74) is 5.40. The molecule has 30 heavy (non-hydrogen) atoms. The zero-order chi connectivity index (χ0) is 22.9. The van der Waals surface area contributed by atoms with Gasteiger partial charge in [-0.1, -0.05) is 47.4 Å². The van der Waals surface area contributed by atoms with Gasteiger partial charge >= 0.3 is 5.97 Å². The topological polar surface area (TPSA) is 46.5 Å². The van der Waals surface area contributed by atoms with Crippen molar-refractivity contribution < 1.29 is 14.6 Å². The third-order valence-corrected chi connectivity index (χ3v) is 5.45. The maximum atomic E-state index is 10.8. The van der Waals surface area contributed by atoms with Crippen molar-refractivity contribution in [1.82, 2.24) is 0 Å². The number of aliphatic hydroxyl groups excluding tert-OH is 1. The van der Waals surface area contributed by atoms with Crippen LogP contribution in [0.4, 0.5) is 0 Å². The maximum Gasteiger partial charge on any atom is 0.302 e. The Balaban J connectivity index is 4.11. The van der Waals surface area contributed by atoms with Crippen LogP contribution in [0.1, 0.15) is 99.8 Å².